The van der Waals surface area contributed by atoms with E-state index < -0.39 is 0 Å². The van der Waals surface area contributed by atoms with Crippen LogP contribution in [0.5, 0.6) is 0 Å². The highest BCUT2D eigenvalue weighted by Crippen LogP contribution is 2.46. The second-order valence-electron chi connectivity index (χ2n) is 4.22. The number of hydrogen-bond donors (Lipinski definition) is 1. The van der Waals surface area contributed by atoms with E-state index >= 15 is 0 Å². The standard InChI is InChI=1S/C12H15ClO/c1-9-4-2-5-10(13)11(9)12(8-14)6-3-7-12/h2,4-5,14H,3,6-8H2,1H3. The minimum atomic E-state index is -0.0393. The van der Waals surface area contributed by atoms with E-state index in [2.05, 4.69) is 13.0 Å². The van der Waals surface area contributed by atoms with Gasteiger partial charge in [-0.2, -0.15) is 0 Å². The maximum atomic E-state index is 9.48. The van der Waals surface area contributed by atoms with E-state index in [1.54, 1.807) is 0 Å². The molecular formula is C12H15ClO. The van der Waals surface area contributed by atoms with Crippen LogP contribution in [0.25, 0.3) is 0 Å². The van der Waals surface area contributed by atoms with Gasteiger partial charge in [0.15, 0.2) is 0 Å². The zero-order valence-electron chi connectivity index (χ0n) is 8.39. The molecule has 14 heavy (non-hydrogen) atoms. The van der Waals surface area contributed by atoms with Gasteiger partial charge in [0.05, 0.1) is 6.61 Å². The summed E-state index contributed by atoms with van der Waals surface area (Å²) < 4.78 is 0. The first-order chi connectivity index (χ1) is 6.69. The van der Waals surface area contributed by atoms with Crippen LogP contribution in [0.15, 0.2) is 18.2 Å². The Balaban J connectivity index is 2.49. The van der Waals surface area contributed by atoms with Crippen LogP contribution in [0.1, 0.15) is 30.4 Å². The lowest BCUT2D eigenvalue weighted by Crippen LogP contribution is -2.38. The third-order valence-corrected chi connectivity index (χ3v) is 3.68. The fraction of sp³-hybridized carbons (Fsp3) is 0.500. The van der Waals surface area contributed by atoms with E-state index in [4.69, 9.17) is 11.6 Å². The van der Waals surface area contributed by atoms with Crippen LogP contribution in [0, 0.1) is 6.92 Å². The van der Waals surface area contributed by atoms with Gasteiger partial charge in [-0.1, -0.05) is 30.2 Å². The average molecular weight is 211 g/mol. The summed E-state index contributed by atoms with van der Waals surface area (Å²) in [5, 5.41) is 10.3. The predicted molar refractivity (Wildman–Crippen MR) is 58.8 cm³/mol. The molecule has 0 radical (unpaired) electrons. The summed E-state index contributed by atoms with van der Waals surface area (Å²) in [7, 11) is 0. The van der Waals surface area contributed by atoms with Crippen molar-refractivity contribution in [2.75, 3.05) is 6.61 Å². The third-order valence-electron chi connectivity index (χ3n) is 3.37. The summed E-state index contributed by atoms with van der Waals surface area (Å²) in [5.41, 5.74) is 2.32. The van der Waals surface area contributed by atoms with Gasteiger partial charge in [0.2, 0.25) is 0 Å². The van der Waals surface area contributed by atoms with Gasteiger partial charge in [-0.3, -0.25) is 0 Å². The Hall–Kier alpha value is -0.530. The van der Waals surface area contributed by atoms with Gasteiger partial charge in [-0.15, -0.1) is 0 Å². The number of benzene rings is 1. The van der Waals surface area contributed by atoms with Gasteiger partial charge in [0.25, 0.3) is 0 Å². The molecule has 2 heteroatoms. The normalized spacial score (nSPS) is 19.1. The first kappa shape index (κ1) is 10.0. The van der Waals surface area contributed by atoms with Crippen molar-refractivity contribution in [3.05, 3.63) is 34.3 Å². The van der Waals surface area contributed by atoms with E-state index in [1.807, 2.05) is 12.1 Å². The summed E-state index contributed by atoms with van der Waals surface area (Å²) in [6.45, 7) is 2.29. The summed E-state index contributed by atoms with van der Waals surface area (Å²) in [5.74, 6) is 0. The molecule has 0 atom stereocenters. The molecule has 0 aromatic heterocycles. The van der Waals surface area contributed by atoms with Crippen molar-refractivity contribution in [2.45, 2.75) is 31.6 Å². The Morgan fingerprint density at radius 2 is 2.14 bits per heavy atom. The van der Waals surface area contributed by atoms with Crippen molar-refractivity contribution in [3.8, 4) is 0 Å². The molecule has 0 saturated heterocycles. The molecule has 0 heterocycles. The molecule has 1 fully saturated rings. The van der Waals surface area contributed by atoms with Gasteiger partial charge < -0.3 is 5.11 Å². The van der Waals surface area contributed by atoms with Gasteiger partial charge in [-0.05, 0) is 37.0 Å². The fourth-order valence-electron chi connectivity index (χ4n) is 2.39. The van der Waals surface area contributed by atoms with Gasteiger partial charge in [0, 0.05) is 10.4 Å². The van der Waals surface area contributed by atoms with Crippen molar-refractivity contribution in [1.29, 1.82) is 0 Å². The van der Waals surface area contributed by atoms with Crippen LogP contribution in [-0.4, -0.2) is 11.7 Å². The molecule has 1 saturated carbocycles. The van der Waals surface area contributed by atoms with Crippen LogP contribution in [0.2, 0.25) is 5.02 Å². The Kier molecular flexibility index (Phi) is 2.54. The zero-order chi connectivity index (χ0) is 10.2. The SMILES string of the molecule is Cc1cccc(Cl)c1C1(CO)CCC1. The molecule has 0 aliphatic heterocycles. The molecule has 1 aromatic rings. The molecule has 1 N–H and O–H groups in total. The predicted octanol–water partition coefficient (Wildman–Crippen LogP) is 3.06. The van der Waals surface area contributed by atoms with E-state index in [-0.39, 0.29) is 12.0 Å². The summed E-state index contributed by atoms with van der Waals surface area (Å²) in [6.07, 6.45) is 3.33. The first-order valence-electron chi connectivity index (χ1n) is 5.06. The topological polar surface area (TPSA) is 20.2 Å². The zero-order valence-corrected chi connectivity index (χ0v) is 9.14. The molecule has 76 valence electrons. The maximum absolute atomic E-state index is 9.48. The highest BCUT2D eigenvalue weighted by molar-refractivity contribution is 6.31. The monoisotopic (exact) mass is 210 g/mol. The lowest BCUT2D eigenvalue weighted by Gasteiger charge is -2.42. The summed E-state index contributed by atoms with van der Waals surface area (Å²) >= 11 is 6.19. The molecule has 1 nitrogen and oxygen atoms in total. The molecule has 0 amide bonds. The van der Waals surface area contributed by atoms with Gasteiger partial charge in [0.1, 0.15) is 0 Å². The van der Waals surface area contributed by atoms with Crippen LogP contribution >= 0.6 is 11.6 Å². The fourth-order valence-corrected chi connectivity index (χ4v) is 2.82. The van der Waals surface area contributed by atoms with E-state index in [1.165, 1.54) is 12.0 Å². The number of aliphatic hydroxyl groups is 1. The average Bonchev–Trinajstić information content (AvgIpc) is 2.08. The lowest BCUT2D eigenvalue weighted by atomic mass is 9.64. The summed E-state index contributed by atoms with van der Waals surface area (Å²) in [4.78, 5) is 0. The number of aryl methyl sites for hydroxylation is 1. The number of aliphatic hydroxyl groups excluding tert-OH is 1. The highest BCUT2D eigenvalue weighted by Gasteiger charge is 2.40. The molecular weight excluding hydrogens is 196 g/mol. The molecule has 1 aliphatic rings. The summed E-state index contributed by atoms with van der Waals surface area (Å²) in [6, 6.07) is 5.95. The van der Waals surface area contributed by atoms with Crippen molar-refractivity contribution < 1.29 is 5.11 Å². The second kappa shape index (κ2) is 3.56. The van der Waals surface area contributed by atoms with Gasteiger partial charge >= 0.3 is 0 Å². The molecule has 1 aromatic carbocycles. The maximum Gasteiger partial charge on any atom is 0.0528 e. The van der Waals surface area contributed by atoms with Crippen LogP contribution in [-0.2, 0) is 5.41 Å². The molecule has 2 rings (SSSR count). The molecule has 1 aliphatic carbocycles. The Morgan fingerprint density at radius 1 is 1.43 bits per heavy atom. The smallest absolute Gasteiger partial charge is 0.0528 e. The van der Waals surface area contributed by atoms with Crippen molar-refractivity contribution >= 4 is 11.6 Å². The molecule has 0 unspecified atom stereocenters. The Labute approximate surface area is 89.7 Å². The Bertz CT molecular complexity index is 316. The molecule has 0 bridgehead atoms. The highest BCUT2D eigenvalue weighted by atomic mass is 35.5. The largest absolute Gasteiger partial charge is 0.395 e. The first-order valence-corrected chi connectivity index (χ1v) is 5.44. The van der Waals surface area contributed by atoms with Crippen LogP contribution in [0.3, 0.4) is 0 Å². The third kappa shape index (κ3) is 1.35. The van der Waals surface area contributed by atoms with Gasteiger partial charge in [-0.25, -0.2) is 0 Å². The van der Waals surface area contributed by atoms with Crippen molar-refractivity contribution in [3.63, 3.8) is 0 Å². The Morgan fingerprint density at radius 3 is 2.57 bits per heavy atom. The molecule has 0 spiro atoms. The second-order valence-corrected chi connectivity index (χ2v) is 4.63. The number of rotatable bonds is 2. The van der Waals surface area contributed by atoms with Crippen LogP contribution < -0.4 is 0 Å². The quantitative estimate of drug-likeness (QED) is 0.796. The number of hydrogen-bond acceptors (Lipinski definition) is 1. The minimum absolute atomic E-state index is 0.0393. The van der Waals surface area contributed by atoms with E-state index in [9.17, 15) is 5.11 Å². The van der Waals surface area contributed by atoms with E-state index in [0.29, 0.717) is 0 Å². The van der Waals surface area contributed by atoms with E-state index in [0.717, 1.165) is 23.4 Å². The minimum Gasteiger partial charge on any atom is -0.395 e. The lowest BCUT2D eigenvalue weighted by molar-refractivity contribution is 0.119. The van der Waals surface area contributed by atoms with Crippen molar-refractivity contribution in [1.82, 2.24) is 0 Å². The van der Waals surface area contributed by atoms with Crippen LogP contribution in [0.4, 0.5) is 0 Å². The van der Waals surface area contributed by atoms with Crippen molar-refractivity contribution in [2.24, 2.45) is 0 Å². The number of halogens is 1.